The minimum Gasteiger partial charge on any atom is -0.481 e. The van der Waals surface area contributed by atoms with E-state index in [2.05, 4.69) is 4.98 Å². The standard InChI is InChI=1S/C6H5Cl2NO/c1-10-6-2-4(7)5(8)3-9-6/h2-3H,1H3. The van der Waals surface area contributed by atoms with Gasteiger partial charge >= 0.3 is 0 Å². The van der Waals surface area contributed by atoms with Crippen molar-refractivity contribution in [1.29, 1.82) is 0 Å². The molecule has 0 fully saturated rings. The van der Waals surface area contributed by atoms with Crippen molar-refractivity contribution in [2.45, 2.75) is 0 Å². The van der Waals surface area contributed by atoms with Crippen molar-refractivity contribution in [2.75, 3.05) is 7.11 Å². The van der Waals surface area contributed by atoms with Crippen molar-refractivity contribution < 1.29 is 4.74 Å². The highest BCUT2D eigenvalue weighted by Gasteiger charge is 1.98. The Morgan fingerprint density at radius 2 is 2.10 bits per heavy atom. The number of nitrogens with zero attached hydrogens (tertiary/aromatic N) is 1. The van der Waals surface area contributed by atoms with Crippen LogP contribution in [-0.2, 0) is 0 Å². The highest BCUT2D eigenvalue weighted by molar-refractivity contribution is 6.41. The molecule has 0 saturated heterocycles. The van der Waals surface area contributed by atoms with Crippen LogP contribution in [0.4, 0.5) is 0 Å². The number of halogens is 2. The van der Waals surface area contributed by atoms with Crippen LogP contribution in [0.3, 0.4) is 0 Å². The summed E-state index contributed by atoms with van der Waals surface area (Å²) in [5.41, 5.74) is 0. The fourth-order valence-corrected chi connectivity index (χ4v) is 0.754. The van der Waals surface area contributed by atoms with Crippen LogP contribution >= 0.6 is 23.2 Å². The average molecular weight is 178 g/mol. The van der Waals surface area contributed by atoms with Crippen molar-refractivity contribution in [1.82, 2.24) is 4.98 Å². The van der Waals surface area contributed by atoms with Gasteiger partial charge in [-0.25, -0.2) is 4.98 Å². The molecule has 1 aromatic heterocycles. The summed E-state index contributed by atoms with van der Waals surface area (Å²) in [7, 11) is 1.52. The van der Waals surface area contributed by atoms with Gasteiger partial charge in [0.2, 0.25) is 5.88 Å². The second-order valence-electron chi connectivity index (χ2n) is 1.64. The van der Waals surface area contributed by atoms with Crippen LogP contribution < -0.4 is 4.74 Å². The van der Waals surface area contributed by atoms with Crippen LogP contribution in [-0.4, -0.2) is 12.1 Å². The van der Waals surface area contributed by atoms with E-state index in [9.17, 15) is 0 Å². The van der Waals surface area contributed by atoms with Gasteiger partial charge in [-0.15, -0.1) is 0 Å². The first kappa shape index (κ1) is 7.63. The lowest BCUT2D eigenvalue weighted by molar-refractivity contribution is 0.398. The minimum atomic E-state index is 0.433. The third-order valence-corrected chi connectivity index (χ3v) is 1.70. The first-order chi connectivity index (χ1) is 4.74. The van der Waals surface area contributed by atoms with Crippen LogP contribution in [0.2, 0.25) is 10.0 Å². The van der Waals surface area contributed by atoms with Gasteiger partial charge in [0, 0.05) is 6.07 Å². The lowest BCUT2D eigenvalue weighted by atomic mass is 10.5. The molecule has 1 rings (SSSR count). The van der Waals surface area contributed by atoms with Crippen LogP contribution in [0, 0.1) is 0 Å². The van der Waals surface area contributed by atoms with Gasteiger partial charge in [0.05, 0.1) is 23.4 Å². The summed E-state index contributed by atoms with van der Waals surface area (Å²) in [6.45, 7) is 0. The lowest BCUT2D eigenvalue weighted by Gasteiger charge is -1.98. The number of methoxy groups -OCH3 is 1. The van der Waals surface area contributed by atoms with E-state index in [4.69, 9.17) is 27.9 Å². The molecule has 0 unspecified atom stereocenters. The fourth-order valence-electron chi connectivity index (χ4n) is 0.508. The Morgan fingerprint density at radius 3 is 2.60 bits per heavy atom. The normalized spacial score (nSPS) is 9.50. The maximum Gasteiger partial charge on any atom is 0.214 e. The largest absolute Gasteiger partial charge is 0.481 e. The molecular formula is C6H5Cl2NO. The predicted molar refractivity (Wildman–Crippen MR) is 40.8 cm³/mol. The van der Waals surface area contributed by atoms with E-state index in [1.54, 1.807) is 6.07 Å². The summed E-state index contributed by atoms with van der Waals surface area (Å²) in [5, 5.41) is 0.885. The summed E-state index contributed by atoms with van der Waals surface area (Å²) in [5.74, 6) is 0.467. The zero-order valence-corrected chi connectivity index (χ0v) is 6.78. The minimum absolute atomic E-state index is 0.433. The van der Waals surface area contributed by atoms with Crippen molar-refractivity contribution in [3.8, 4) is 5.88 Å². The van der Waals surface area contributed by atoms with Gasteiger partial charge in [-0.05, 0) is 0 Å². The summed E-state index contributed by atoms with van der Waals surface area (Å²) in [6.07, 6.45) is 1.45. The molecule has 0 saturated carbocycles. The summed E-state index contributed by atoms with van der Waals surface area (Å²) in [4.78, 5) is 3.82. The van der Waals surface area contributed by atoms with E-state index >= 15 is 0 Å². The molecule has 4 heteroatoms. The molecule has 0 atom stereocenters. The number of rotatable bonds is 1. The number of hydrogen-bond acceptors (Lipinski definition) is 2. The van der Waals surface area contributed by atoms with Crippen molar-refractivity contribution in [3.63, 3.8) is 0 Å². The van der Waals surface area contributed by atoms with Crippen molar-refractivity contribution in [2.24, 2.45) is 0 Å². The van der Waals surface area contributed by atoms with E-state index < -0.39 is 0 Å². The van der Waals surface area contributed by atoms with E-state index in [0.717, 1.165) is 0 Å². The molecule has 10 heavy (non-hydrogen) atoms. The monoisotopic (exact) mass is 177 g/mol. The molecule has 54 valence electrons. The molecule has 0 aromatic carbocycles. The highest BCUT2D eigenvalue weighted by Crippen LogP contribution is 2.23. The van der Waals surface area contributed by atoms with Crippen LogP contribution in [0.5, 0.6) is 5.88 Å². The van der Waals surface area contributed by atoms with Gasteiger partial charge in [0.1, 0.15) is 0 Å². The topological polar surface area (TPSA) is 22.1 Å². The highest BCUT2D eigenvalue weighted by atomic mass is 35.5. The van der Waals surface area contributed by atoms with E-state index in [1.165, 1.54) is 13.3 Å². The summed E-state index contributed by atoms with van der Waals surface area (Å²) >= 11 is 11.2. The van der Waals surface area contributed by atoms with Crippen LogP contribution in [0.1, 0.15) is 0 Å². The second kappa shape index (κ2) is 3.08. The Kier molecular flexibility index (Phi) is 2.35. The molecule has 0 spiro atoms. The molecule has 0 radical (unpaired) electrons. The first-order valence-corrected chi connectivity index (χ1v) is 3.34. The molecular weight excluding hydrogens is 173 g/mol. The van der Waals surface area contributed by atoms with Crippen molar-refractivity contribution >= 4 is 23.2 Å². The lowest BCUT2D eigenvalue weighted by Crippen LogP contribution is -1.85. The number of aromatic nitrogens is 1. The average Bonchev–Trinajstić information content (AvgIpc) is 1.95. The van der Waals surface area contributed by atoms with Gasteiger partial charge in [0.25, 0.3) is 0 Å². The summed E-state index contributed by atoms with van der Waals surface area (Å²) < 4.78 is 4.80. The number of pyridine rings is 1. The Hall–Kier alpha value is -0.470. The Labute approximate surface area is 68.7 Å². The quantitative estimate of drug-likeness (QED) is 0.658. The van der Waals surface area contributed by atoms with Gasteiger partial charge in [0.15, 0.2) is 0 Å². The van der Waals surface area contributed by atoms with Crippen LogP contribution in [0.15, 0.2) is 12.3 Å². The Morgan fingerprint density at radius 1 is 1.40 bits per heavy atom. The maximum atomic E-state index is 5.64. The molecule has 0 N–H and O–H groups in total. The molecule has 0 bridgehead atoms. The number of ether oxygens (including phenoxy) is 1. The zero-order chi connectivity index (χ0) is 7.56. The van der Waals surface area contributed by atoms with Gasteiger partial charge < -0.3 is 4.74 Å². The molecule has 1 aromatic rings. The third-order valence-electron chi connectivity index (χ3n) is 0.993. The smallest absolute Gasteiger partial charge is 0.214 e. The number of hydrogen-bond donors (Lipinski definition) is 0. The molecule has 0 aliphatic rings. The molecule has 2 nitrogen and oxygen atoms in total. The predicted octanol–water partition coefficient (Wildman–Crippen LogP) is 2.40. The first-order valence-electron chi connectivity index (χ1n) is 2.59. The van der Waals surface area contributed by atoms with E-state index in [1.807, 2.05) is 0 Å². The third kappa shape index (κ3) is 1.52. The van der Waals surface area contributed by atoms with E-state index in [-0.39, 0.29) is 0 Å². The second-order valence-corrected chi connectivity index (χ2v) is 2.46. The molecule has 0 aliphatic carbocycles. The molecule has 0 aliphatic heterocycles. The van der Waals surface area contributed by atoms with Crippen molar-refractivity contribution in [3.05, 3.63) is 22.3 Å². The van der Waals surface area contributed by atoms with Gasteiger partial charge in [-0.2, -0.15) is 0 Å². The summed E-state index contributed by atoms with van der Waals surface area (Å²) in [6, 6.07) is 1.56. The van der Waals surface area contributed by atoms with E-state index in [0.29, 0.717) is 15.9 Å². The maximum absolute atomic E-state index is 5.64. The van der Waals surface area contributed by atoms with Gasteiger partial charge in [-0.1, -0.05) is 23.2 Å². The zero-order valence-electron chi connectivity index (χ0n) is 5.27. The molecule has 1 heterocycles. The van der Waals surface area contributed by atoms with Gasteiger partial charge in [-0.3, -0.25) is 0 Å². The fraction of sp³-hybridized carbons (Fsp3) is 0.167. The molecule has 0 amide bonds. The Bertz CT molecular complexity index is 239. The Balaban J connectivity index is 3.04. The van der Waals surface area contributed by atoms with Crippen LogP contribution in [0.25, 0.3) is 0 Å². The SMILES string of the molecule is COc1cc(Cl)c(Cl)cn1.